The number of hydrogen-bond donors (Lipinski definition) is 1. The van der Waals surface area contributed by atoms with Crippen molar-refractivity contribution >= 4 is 15.9 Å². The van der Waals surface area contributed by atoms with Gasteiger partial charge in [-0.2, -0.15) is 0 Å². The number of hydrogen-bond acceptors (Lipinski definition) is 2. The zero-order chi connectivity index (χ0) is 13.6. The molecule has 0 amide bonds. The Morgan fingerprint density at radius 2 is 2.00 bits per heavy atom. The highest BCUT2D eigenvalue weighted by Gasteiger charge is 2.54. The molecule has 3 aliphatic rings. The molecule has 3 saturated heterocycles. The van der Waals surface area contributed by atoms with Gasteiger partial charge in [-0.1, -0.05) is 28.1 Å². The van der Waals surface area contributed by atoms with Gasteiger partial charge in [0.1, 0.15) is 0 Å². The number of nitrogens with one attached hydrogen (secondary N) is 1. The SMILES string of the molecule is Brc1ccc(C2CNCCC23CCN2CCCC23)cc1. The van der Waals surface area contributed by atoms with E-state index in [1.54, 1.807) is 0 Å². The second-order valence-corrected chi connectivity index (χ2v) is 7.65. The molecule has 2 nitrogen and oxygen atoms in total. The van der Waals surface area contributed by atoms with Gasteiger partial charge in [0.25, 0.3) is 0 Å². The summed E-state index contributed by atoms with van der Waals surface area (Å²) in [7, 11) is 0. The summed E-state index contributed by atoms with van der Waals surface area (Å²) in [6.07, 6.45) is 5.59. The molecule has 0 aromatic heterocycles. The van der Waals surface area contributed by atoms with Gasteiger partial charge >= 0.3 is 0 Å². The van der Waals surface area contributed by atoms with Crippen LogP contribution in [0, 0.1) is 5.41 Å². The van der Waals surface area contributed by atoms with Crippen LogP contribution in [-0.2, 0) is 0 Å². The summed E-state index contributed by atoms with van der Waals surface area (Å²) >= 11 is 3.57. The van der Waals surface area contributed by atoms with E-state index in [4.69, 9.17) is 0 Å². The van der Waals surface area contributed by atoms with Crippen LogP contribution in [0.15, 0.2) is 28.7 Å². The van der Waals surface area contributed by atoms with Gasteiger partial charge in [0, 0.05) is 23.0 Å². The van der Waals surface area contributed by atoms with Crippen molar-refractivity contribution in [3.63, 3.8) is 0 Å². The number of benzene rings is 1. The third kappa shape index (κ3) is 1.98. The summed E-state index contributed by atoms with van der Waals surface area (Å²) in [6.45, 7) is 5.04. The van der Waals surface area contributed by atoms with Crippen molar-refractivity contribution in [1.29, 1.82) is 0 Å². The lowest BCUT2D eigenvalue weighted by Crippen LogP contribution is -2.49. The highest BCUT2D eigenvalue weighted by molar-refractivity contribution is 9.10. The Morgan fingerprint density at radius 3 is 2.85 bits per heavy atom. The standard InChI is InChI=1S/C17H23BrN2/c18-14-5-3-13(4-6-14)15-12-19-9-7-17(15)8-11-20-10-1-2-16(17)20/h3-6,15-16,19H,1-2,7-12H2. The summed E-state index contributed by atoms with van der Waals surface area (Å²) < 4.78 is 1.19. The van der Waals surface area contributed by atoms with Crippen LogP contribution >= 0.6 is 15.9 Å². The molecule has 4 rings (SSSR count). The normalized spacial score (nSPS) is 37.5. The summed E-state index contributed by atoms with van der Waals surface area (Å²) in [4.78, 5) is 2.77. The van der Waals surface area contributed by atoms with Crippen molar-refractivity contribution in [2.75, 3.05) is 26.2 Å². The molecule has 1 aromatic rings. The fourth-order valence-corrected chi connectivity index (χ4v) is 5.32. The molecule has 0 saturated carbocycles. The fourth-order valence-electron chi connectivity index (χ4n) is 5.05. The van der Waals surface area contributed by atoms with Gasteiger partial charge in [-0.15, -0.1) is 0 Å². The highest BCUT2D eigenvalue weighted by Crippen LogP contribution is 2.54. The van der Waals surface area contributed by atoms with E-state index in [0.717, 1.165) is 12.6 Å². The molecule has 3 atom stereocenters. The Bertz CT molecular complexity index is 482. The Hall–Kier alpha value is -0.380. The monoisotopic (exact) mass is 334 g/mol. The molecular weight excluding hydrogens is 312 g/mol. The predicted octanol–water partition coefficient (Wildman–Crippen LogP) is 3.38. The van der Waals surface area contributed by atoms with Crippen LogP contribution in [0.2, 0.25) is 0 Å². The molecule has 3 aliphatic heterocycles. The van der Waals surface area contributed by atoms with Crippen LogP contribution in [0.4, 0.5) is 0 Å². The maximum atomic E-state index is 3.65. The van der Waals surface area contributed by atoms with Gasteiger partial charge in [0.2, 0.25) is 0 Å². The van der Waals surface area contributed by atoms with Crippen LogP contribution < -0.4 is 5.32 Å². The van der Waals surface area contributed by atoms with E-state index >= 15 is 0 Å². The summed E-state index contributed by atoms with van der Waals surface area (Å²) in [5.41, 5.74) is 2.07. The van der Waals surface area contributed by atoms with Crippen molar-refractivity contribution in [3.8, 4) is 0 Å². The average molecular weight is 335 g/mol. The van der Waals surface area contributed by atoms with Crippen molar-refractivity contribution in [1.82, 2.24) is 10.2 Å². The second kappa shape index (κ2) is 5.11. The molecule has 1 aromatic carbocycles. The molecule has 1 N–H and O–H groups in total. The van der Waals surface area contributed by atoms with E-state index in [2.05, 4.69) is 50.4 Å². The van der Waals surface area contributed by atoms with Crippen molar-refractivity contribution in [3.05, 3.63) is 34.3 Å². The van der Waals surface area contributed by atoms with E-state index in [1.165, 1.54) is 55.4 Å². The van der Waals surface area contributed by atoms with E-state index in [1.807, 2.05) is 0 Å². The first-order valence-electron chi connectivity index (χ1n) is 8.00. The first-order chi connectivity index (χ1) is 9.79. The first-order valence-corrected chi connectivity index (χ1v) is 8.79. The number of fused-ring (bicyclic) bond motifs is 2. The Kier molecular flexibility index (Phi) is 3.40. The number of halogens is 1. The lowest BCUT2D eigenvalue weighted by Gasteiger charge is -2.46. The zero-order valence-electron chi connectivity index (χ0n) is 11.9. The number of nitrogens with zero attached hydrogens (tertiary/aromatic N) is 1. The van der Waals surface area contributed by atoms with Crippen LogP contribution in [0.5, 0.6) is 0 Å². The summed E-state index contributed by atoms with van der Waals surface area (Å²) in [5.74, 6) is 0.692. The van der Waals surface area contributed by atoms with Crippen LogP contribution in [0.1, 0.15) is 37.2 Å². The van der Waals surface area contributed by atoms with Crippen molar-refractivity contribution in [2.24, 2.45) is 5.41 Å². The molecule has 0 aliphatic carbocycles. The molecular formula is C17H23BrN2. The molecule has 3 heteroatoms. The lowest BCUT2D eigenvalue weighted by molar-refractivity contribution is 0.112. The summed E-state index contributed by atoms with van der Waals surface area (Å²) in [6, 6.07) is 9.93. The highest BCUT2D eigenvalue weighted by atomic mass is 79.9. The number of rotatable bonds is 1. The van der Waals surface area contributed by atoms with Gasteiger partial charge < -0.3 is 5.32 Å². The summed E-state index contributed by atoms with van der Waals surface area (Å²) in [5, 5.41) is 3.65. The smallest absolute Gasteiger partial charge is 0.0175 e. The van der Waals surface area contributed by atoms with E-state index in [0.29, 0.717) is 11.3 Å². The first kappa shape index (κ1) is 13.3. The van der Waals surface area contributed by atoms with Gasteiger partial charge in [-0.05, 0) is 68.4 Å². The Labute approximate surface area is 130 Å². The Morgan fingerprint density at radius 1 is 1.15 bits per heavy atom. The average Bonchev–Trinajstić information content (AvgIpc) is 3.06. The van der Waals surface area contributed by atoms with E-state index in [9.17, 15) is 0 Å². The predicted molar refractivity (Wildman–Crippen MR) is 86.0 cm³/mol. The molecule has 108 valence electrons. The largest absolute Gasteiger partial charge is 0.316 e. The van der Waals surface area contributed by atoms with Crippen molar-refractivity contribution < 1.29 is 0 Å². The molecule has 1 spiro atoms. The third-order valence-corrected chi connectivity index (χ3v) is 6.50. The van der Waals surface area contributed by atoms with Gasteiger partial charge in [0.15, 0.2) is 0 Å². The topological polar surface area (TPSA) is 15.3 Å². The molecule has 3 heterocycles. The molecule has 0 bridgehead atoms. The van der Waals surface area contributed by atoms with Crippen LogP contribution in [-0.4, -0.2) is 37.1 Å². The fraction of sp³-hybridized carbons (Fsp3) is 0.647. The lowest BCUT2D eigenvalue weighted by atomic mass is 9.63. The zero-order valence-corrected chi connectivity index (χ0v) is 13.5. The van der Waals surface area contributed by atoms with E-state index in [-0.39, 0.29) is 0 Å². The van der Waals surface area contributed by atoms with Gasteiger partial charge in [-0.3, -0.25) is 4.90 Å². The van der Waals surface area contributed by atoms with E-state index < -0.39 is 0 Å². The maximum Gasteiger partial charge on any atom is 0.0175 e. The minimum atomic E-state index is 0.537. The minimum absolute atomic E-state index is 0.537. The van der Waals surface area contributed by atoms with Crippen molar-refractivity contribution in [2.45, 2.75) is 37.6 Å². The van der Waals surface area contributed by atoms with Crippen LogP contribution in [0.3, 0.4) is 0 Å². The minimum Gasteiger partial charge on any atom is -0.316 e. The molecule has 3 fully saturated rings. The molecule has 3 unspecified atom stereocenters. The quantitative estimate of drug-likeness (QED) is 0.846. The maximum absolute atomic E-state index is 3.65. The Balaban J connectivity index is 1.71. The van der Waals surface area contributed by atoms with Crippen LogP contribution in [0.25, 0.3) is 0 Å². The second-order valence-electron chi connectivity index (χ2n) is 6.74. The third-order valence-electron chi connectivity index (χ3n) is 5.97. The van der Waals surface area contributed by atoms with Gasteiger partial charge in [0.05, 0.1) is 0 Å². The number of piperidine rings is 1. The van der Waals surface area contributed by atoms with Gasteiger partial charge in [-0.25, -0.2) is 0 Å². The molecule has 20 heavy (non-hydrogen) atoms. The molecule has 0 radical (unpaired) electrons.